The number of nitrogens with zero attached hydrogens (tertiary/aromatic N) is 5. The molecule has 0 unspecified atom stereocenters. The number of carbonyl (C=O) groups excluding carboxylic acids is 2. The summed E-state index contributed by atoms with van der Waals surface area (Å²) in [5, 5.41) is 14.8. The summed E-state index contributed by atoms with van der Waals surface area (Å²) >= 11 is 1.57. The number of tetrazole rings is 1. The number of hydrogen-bond donors (Lipinski definition) is 1. The molecule has 1 aromatic heterocycles. The van der Waals surface area contributed by atoms with Crippen molar-refractivity contribution in [2.75, 3.05) is 17.7 Å². The van der Waals surface area contributed by atoms with Crippen LogP contribution in [0.3, 0.4) is 0 Å². The van der Waals surface area contributed by atoms with E-state index in [2.05, 4.69) is 38.9 Å². The average molecular weight is 433 g/mol. The van der Waals surface area contributed by atoms with Crippen molar-refractivity contribution in [3.05, 3.63) is 71.1 Å². The summed E-state index contributed by atoms with van der Waals surface area (Å²) < 4.78 is 0. The summed E-state index contributed by atoms with van der Waals surface area (Å²) in [4.78, 5) is 29.8. The Bertz CT molecular complexity index is 1190. The molecule has 2 amide bonds. The molecule has 1 aliphatic carbocycles. The lowest BCUT2D eigenvalue weighted by molar-refractivity contribution is -0.119. The van der Waals surface area contributed by atoms with Gasteiger partial charge in [0.2, 0.25) is 5.91 Å². The number of nitrogens with one attached hydrogen (secondary N) is 1. The van der Waals surface area contributed by atoms with Crippen LogP contribution >= 0.6 is 11.8 Å². The van der Waals surface area contributed by atoms with Gasteiger partial charge in [-0.05, 0) is 40.5 Å². The van der Waals surface area contributed by atoms with Gasteiger partial charge in [-0.15, -0.1) is 22.0 Å². The van der Waals surface area contributed by atoms with Gasteiger partial charge in [0.15, 0.2) is 0 Å². The molecule has 31 heavy (non-hydrogen) atoms. The summed E-state index contributed by atoms with van der Waals surface area (Å²) in [7, 11) is 1.74. The van der Waals surface area contributed by atoms with Gasteiger partial charge in [-0.25, -0.2) is 0 Å². The van der Waals surface area contributed by atoms with Gasteiger partial charge in [-0.2, -0.15) is 4.80 Å². The molecule has 2 aliphatic rings. The molecule has 5 rings (SSSR count). The normalized spacial score (nSPS) is 17.3. The van der Waals surface area contributed by atoms with E-state index < -0.39 is 11.9 Å². The van der Waals surface area contributed by atoms with Crippen molar-refractivity contribution in [3.8, 4) is 0 Å². The highest BCUT2D eigenvalue weighted by Crippen LogP contribution is 2.38. The molecule has 1 N–H and O–H groups in total. The molecule has 2 heterocycles. The number of allylic oxidation sites excluding steroid dienone is 1. The summed E-state index contributed by atoms with van der Waals surface area (Å²) in [6, 6.07) is 13.2. The maximum atomic E-state index is 13.0. The van der Waals surface area contributed by atoms with Crippen LogP contribution in [0.5, 0.6) is 0 Å². The zero-order valence-electron chi connectivity index (χ0n) is 16.9. The first kappa shape index (κ1) is 19.5. The molecule has 0 fully saturated rings. The zero-order valence-corrected chi connectivity index (χ0v) is 17.7. The smallest absolute Gasteiger partial charge is 0.293 e. The molecule has 3 aromatic rings. The van der Waals surface area contributed by atoms with Gasteiger partial charge in [0.05, 0.1) is 12.2 Å². The number of carbonyl (C=O) groups is 2. The fourth-order valence-electron chi connectivity index (χ4n) is 3.72. The highest BCUT2D eigenvalue weighted by atomic mass is 32.2. The van der Waals surface area contributed by atoms with Crippen LogP contribution in [0.2, 0.25) is 0 Å². The maximum Gasteiger partial charge on any atom is 0.293 e. The summed E-state index contributed by atoms with van der Waals surface area (Å²) in [6.45, 7) is 0.413. The van der Waals surface area contributed by atoms with Crippen LogP contribution in [0.25, 0.3) is 6.08 Å². The van der Waals surface area contributed by atoms with Gasteiger partial charge >= 0.3 is 0 Å². The molecule has 2 aromatic carbocycles. The van der Waals surface area contributed by atoms with E-state index in [1.807, 2.05) is 36.4 Å². The fourth-order valence-corrected chi connectivity index (χ4v) is 4.86. The van der Waals surface area contributed by atoms with Crippen LogP contribution in [0.4, 0.5) is 5.69 Å². The Morgan fingerprint density at radius 1 is 1.26 bits per heavy atom. The Balaban J connectivity index is 1.30. The predicted molar refractivity (Wildman–Crippen MR) is 118 cm³/mol. The molecule has 1 atom stereocenters. The summed E-state index contributed by atoms with van der Waals surface area (Å²) in [6.07, 6.45) is 5.11. The van der Waals surface area contributed by atoms with Crippen molar-refractivity contribution >= 4 is 35.3 Å². The number of fused-ring (bicyclic) bond motifs is 2. The Labute approximate surface area is 183 Å². The van der Waals surface area contributed by atoms with Gasteiger partial charge in [-0.3, -0.25) is 9.59 Å². The van der Waals surface area contributed by atoms with Gasteiger partial charge in [0.1, 0.15) is 6.04 Å². The van der Waals surface area contributed by atoms with E-state index in [1.165, 1.54) is 10.4 Å². The second-order valence-corrected chi connectivity index (χ2v) is 8.55. The lowest BCUT2D eigenvalue weighted by Gasteiger charge is -2.21. The van der Waals surface area contributed by atoms with Crippen molar-refractivity contribution in [3.63, 3.8) is 0 Å². The standard InChI is InChI=1S/C22H20N6O2S/c1-27-18-10-15-8-5-9-16(15)11-19(18)31-13-17(22(27)30)23-21(29)20-24-26-28(25-20)12-14-6-3-2-4-7-14/h2-8,10-11,17H,9,12-13H2,1H3,(H,23,29)/t17-/m0/s1. The monoisotopic (exact) mass is 432 g/mol. The van der Waals surface area contributed by atoms with Crippen molar-refractivity contribution in [1.29, 1.82) is 0 Å². The predicted octanol–water partition coefficient (Wildman–Crippen LogP) is 2.16. The SMILES string of the molecule is CN1C(=O)[C@@H](NC(=O)c2nnn(Cc3ccccc3)n2)CSc2cc3c(cc21)C=CC3. The first-order valence-electron chi connectivity index (χ1n) is 9.95. The minimum Gasteiger partial charge on any atom is -0.337 e. The lowest BCUT2D eigenvalue weighted by atomic mass is 10.1. The van der Waals surface area contributed by atoms with E-state index in [4.69, 9.17) is 0 Å². The third-order valence-electron chi connectivity index (χ3n) is 5.38. The van der Waals surface area contributed by atoms with E-state index >= 15 is 0 Å². The molecule has 9 heteroatoms. The molecule has 8 nitrogen and oxygen atoms in total. The van der Waals surface area contributed by atoms with Gasteiger partial charge in [0, 0.05) is 17.7 Å². The lowest BCUT2D eigenvalue weighted by Crippen LogP contribution is -2.48. The molecule has 1 aliphatic heterocycles. The van der Waals surface area contributed by atoms with Crippen LogP contribution in [0, 0.1) is 0 Å². The van der Waals surface area contributed by atoms with E-state index in [-0.39, 0.29) is 11.7 Å². The molecular weight excluding hydrogens is 412 g/mol. The first-order chi connectivity index (χ1) is 15.1. The Morgan fingerprint density at radius 3 is 2.94 bits per heavy atom. The second-order valence-electron chi connectivity index (χ2n) is 7.49. The van der Waals surface area contributed by atoms with Gasteiger partial charge in [-0.1, -0.05) is 42.5 Å². The Kier molecular flexibility index (Phi) is 5.03. The van der Waals surface area contributed by atoms with Crippen molar-refractivity contribution in [1.82, 2.24) is 25.5 Å². The molecular formula is C22H20N6O2S. The topological polar surface area (TPSA) is 93.0 Å². The van der Waals surface area contributed by atoms with E-state index in [0.717, 1.165) is 28.1 Å². The minimum atomic E-state index is -0.679. The zero-order chi connectivity index (χ0) is 21.4. The molecule has 0 saturated heterocycles. The quantitative estimate of drug-likeness (QED) is 0.679. The van der Waals surface area contributed by atoms with Crippen molar-refractivity contribution in [2.45, 2.75) is 23.9 Å². The number of rotatable bonds is 4. The molecule has 0 radical (unpaired) electrons. The largest absolute Gasteiger partial charge is 0.337 e. The number of hydrogen-bond acceptors (Lipinski definition) is 6. The Morgan fingerprint density at radius 2 is 2.10 bits per heavy atom. The van der Waals surface area contributed by atoms with Crippen LogP contribution in [-0.4, -0.2) is 50.9 Å². The minimum absolute atomic E-state index is 0.0535. The van der Waals surface area contributed by atoms with Crippen LogP contribution in [0.1, 0.15) is 27.3 Å². The van der Waals surface area contributed by atoms with Crippen molar-refractivity contribution in [2.24, 2.45) is 0 Å². The first-order valence-corrected chi connectivity index (χ1v) is 10.9. The van der Waals surface area contributed by atoms with Gasteiger partial charge in [0.25, 0.3) is 11.7 Å². The van der Waals surface area contributed by atoms with Crippen LogP contribution in [-0.2, 0) is 17.8 Å². The third kappa shape index (κ3) is 3.84. The molecule has 156 valence electrons. The van der Waals surface area contributed by atoms with Crippen LogP contribution in [0.15, 0.2) is 53.4 Å². The number of anilines is 1. The highest BCUT2D eigenvalue weighted by Gasteiger charge is 2.31. The second kappa shape index (κ2) is 7.99. The number of thioether (sulfide) groups is 1. The Hall–Kier alpha value is -3.46. The van der Waals surface area contributed by atoms with E-state index in [0.29, 0.717) is 12.3 Å². The van der Waals surface area contributed by atoms with E-state index in [9.17, 15) is 9.59 Å². The molecule has 0 spiro atoms. The number of aromatic nitrogens is 4. The van der Waals surface area contributed by atoms with E-state index in [1.54, 1.807) is 23.7 Å². The molecule has 0 saturated carbocycles. The third-order valence-corrected chi connectivity index (χ3v) is 6.52. The summed E-state index contributed by atoms with van der Waals surface area (Å²) in [5.41, 5.74) is 4.27. The number of benzene rings is 2. The van der Waals surface area contributed by atoms with Crippen LogP contribution < -0.4 is 10.2 Å². The average Bonchev–Trinajstić information content (AvgIpc) is 3.42. The maximum absolute atomic E-state index is 13.0. The number of likely N-dealkylation sites (N-methyl/N-ethyl adjacent to an activating group) is 1. The molecule has 0 bridgehead atoms. The highest BCUT2D eigenvalue weighted by molar-refractivity contribution is 7.99. The van der Waals surface area contributed by atoms with Gasteiger partial charge < -0.3 is 10.2 Å². The van der Waals surface area contributed by atoms with Crippen molar-refractivity contribution < 1.29 is 9.59 Å². The summed E-state index contributed by atoms with van der Waals surface area (Å²) in [5.74, 6) is -0.296. The fraction of sp³-hybridized carbons (Fsp3) is 0.227. The number of amides is 2.